The van der Waals surface area contributed by atoms with Crippen molar-refractivity contribution in [1.29, 1.82) is 0 Å². The molecule has 94 valence electrons. The van der Waals surface area contributed by atoms with Crippen LogP contribution in [0.1, 0.15) is 19.8 Å². The Bertz CT molecular complexity index is 214. The Kier molecular flexibility index (Phi) is 5.77. The first kappa shape index (κ1) is 13.5. The number of amides is 1. The topological polar surface area (TPSA) is 35.6 Å². The second-order valence-electron chi connectivity index (χ2n) is 4.82. The molecule has 0 aromatic heterocycles. The molecule has 0 radical (unpaired) electrons. The van der Waals surface area contributed by atoms with Gasteiger partial charge in [-0.25, -0.2) is 0 Å². The van der Waals surface area contributed by atoms with Crippen molar-refractivity contribution in [2.45, 2.75) is 19.8 Å². The lowest BCUT2D eigenvalue weighted by Gasteiger charge is -2.28. The fourth-order valence-electron chi connectivity index (χ4n) is 2.11. The number of hydrogen-bond donors (Lipinski definition) is 1. The Morgan fingerprint density at radius 3 is 2.75 bits per heavy atom. The first-order chi connectivity index (χ1) is 7.63. The maximum Gasteiger partial charge on any atom is 0.236 e. The van der Waals surface area contributed by atoms with Crippen LogP contribution in [-0.4, -0.2) is 62.5 Å². The summed E-state index contributed by atoms with van der Waals surface area (Å²) < 4.78 is 0. The molecular formula is C12H25N3O. The Hall–Kier alpha value is -0.610. The van der Waals surface area contributed by atoms with Gasteiger partial charge in [0.1, 0.15) is 0 Å². The molecule has 1 saturated heterocycles. The third kappa shape index (κ3) is 4.49. The third-order valence-corrected chi connectivity index (χ3v) is 3.27. The van der Waals surface area contributed by atoms with Crippen molar-refractivity contribution in [3.8, 4) is 0 Å². The fourth-order valence-corrected chi connectivity index (χ4v) is 2.11. The fraction of sp³-hybridized carbons (Fsp3) is 0.917. The minimum absolute atomic E-state index is 0.216. The molecule has 1 atom stereocenters. The molecule has 1 aliphatic rings. The number of hydrogen-bond acceptors (Lipinski definition) is 3. The lowest BCUT2D eigenvalue weighted by Crippen LogP contribution is -2.41. The summed E-state index contributed by atoms with van der Waals surface area (Å²) in [5, 5.41) is 3.41. The molecule has 16 heavy (non-hydrogen) atoms. The van der Waals surface area contributed by atoms with Crippen LogP contribution in [0.25, 0.3) is 0 Å². The van der Waals surface area contributed by atoms with E-state index in [4.69, 9.17) is 0 Å². The number of rotatable bonds is 5. The molecule has 1 amide bonds. The first-order valence-electron chi connectivity index (χ1n) is 6.26. The molecule has 1 N–H and O–H groups in total. The number of likely N-dealkylation sites (N-methyl/N-ethyl adjacent to an activating group) is 2. The monoisotopic (exact) mass is 227 g/mol. The number of carbonyl (C=O) groups is 1. The average Bonchev–Trinajstić information content (AvgIpc) is 2.29. The van der Waals surface area contributed by atoms with E-state index in [-0.39, 0.29) is 5.91 Å². The van der Waals surface area contributed by atoms with Gasteiger partial charge < -0.3 is 10.2 Å². The summed E-state index contributed by atoms with van der Waals surface area (Å²) in [6.07, 6.45) is 2.55. The molecule has 0 spiro atoms. The highest BCUT2D eigenvalue weighted by Crippen LogP contribution is 2.10. The van der Waals surface area contributed by atoms with Crippen LogP contribution in [-0.2, 0) is 4.79 Å². The summed E-state index contributed by atoms with van der Waals surface area (Å²) in [5.74, 6) is 0.923. The van der Waals surface area contributed by atoms with Gasteiger partial charge in [0.2, 0.25) is 5.91 Å². The molecule has 0 saturated carbocycles. The quantitative estimate of drug-likeness (QED) is 0.738. The van der Waals surface area contributed by atoms with Crippen LogP contribution < -0.4 is 5.32 Å². The first-order valence-corrected chi connectivity index (χ1v) is 6.26. The molecule has 0 bridgehead atoms. The van der Waals surface area contributed by atoms with Gasteiger partial charge in [0.05, 0.1) is 6.54 Å². The van der Waals surface area contributed by atoms with E-state index < -0.39 is 0 Å². The minimum atomic E-state index is 0.216. The van der Waals surface area contributed by atoms with Gasteiger partial charge in [-0.05, 0) is 45.8 Å². The van der Waals surface area contributed by atoms with E-state index >= 15 is 0 Å². The van der Waals surface area contributed by atoms with Crippen molar-refractivity contribution in [1.82, 2.24) is 15.1 Å². The predicted molar refractivity (Wildman–Crippen MR) is 66.4 cm³/mol. The van der Waals surface area contributed by atoms with Crippen molar-refractivity contribution in [2.24, 2.45) is 5.92 Å². The smallest absolute Gasteiger partial charge is 0.236 e. The van der Waals surface area contributed by atoms with Gasteiger partial charge in [0.25, 0.3) is 0 Å². The predicted octanol–water partition coefficient (Wildman–Crippen LogP) is 0.396. The van der Waals surface area contributed by atoms with Gasteiger partial charge >= 0.3 is 0 Å². The standard InChI is InChI=1S/C12H25N3O/c1-4-15(3)12(16)10-14(2)9-11-6-5-7-13-8-11/h11,13H,4-10H2,1-3H3. The van der Waals surface area contributed by atoms with Crippen LogP contribution in [0.2, 0.25) is 0 Å². The van der Waals surface area contributed by atoms with Crippen LogP contribution in [0.4, 0.5) is 0 Å². The molecule has 1 heterocycles. The summed E-state index contributed by atoms with van der Waals surface area (Å²) in [4.78, 5) is 15.6. The zero-order valence-corrected chi connectivity index (χ0v) is 10.8. The van der Waals surface area contributed by atoms with Crippen LogP contribution in [0, 0.1) is 5.92 Å². The molecule has 0 aromatic carbocycles. The lowest BCUT2D eigenvalue weighted by molar-refractivity contribution is -0.130. The highest BCUT2D eigenvalue weighted by molar-refractivity contribution is 5.77. The minimum Gasteiger partial charge on any atom is -0.345 e. The third-order valence-electron chi connectivity index (χ3n) is 3.27. The van der Waals surface area contributed by atoms with Crippen molar-refractivity contribution in [3.63, 3.8) is 0 Å². The van der Waals surface area contributed by atoms with Crippen LogP contribution in [0.3, 0.4) is 0 Å². The van der Waals surface area contributed by atoms with E-state index in [1.54, 1.807) is 4.90 Å². The van der Waals surface area contributed by atoms with Gasteiger partial charge in [-0.2, -0.15) is 0 Å². The van der Waals surface area contributed by atoms with E-state index in [1.165, 1.54) is 12.8 Å². The van der Waals surface area contributed by atoms with E-state index in [0.29, 0.717) is 12.5 Å². The van der Waals surface area contributed by atoms with Gasteiger partial charge in [-0.3, -0.25) is 9.69 Å². The molecule has 0 aromatic rings. The Morgan fingerprint density at radius 2 is 2.19 bits per heavy atom. The Labute approximate surface area is 99.0 Å². The summed E-state index contributed by atoms with van der Waals surface area (Å²) in [7, 11) is 3.90. The van der Waals surface area contributed by atoms with Crippen LogP contribution >= 0.6 is 0 Å². The molecule has 1 fully saturated rings. The number of nitrogens with one attached hydrogen (secondary N) is 1. The molecule has 4 nitrogen and oxygen atoms in total. The maximum absolute atomic E-state index is 11.7. The summed E-state index contributed by atoms with van der Waals surface area (Å²) in [5.41, 5.74) is 0. The molecular weight excluding hydrogens is 202 g/mol. The van der Waals surface area contributed by atoms with E-state index in [1.807, 2.05) is 21.0 Å². The summed E-state index contributed by atoms with van der Waals surface area (Å²) in [6.45, 7) is 6.61. The molecule has 0 aliphatic carbocycles. The van der Waals surface area contributed by atoms with Gasteiger partial charge in [-0.1, -0.05) is 0 Å². The number of nitrogens with zero attached hydrogens (tertiary/aromatic N) is 2. The summed E-state index contributed by atoms with van der Waals surface area (Å²) in [6, 6.07) is 0. The van der Waals surface area contributed by atoms with E-state index in [2.05, 4.69) is 10.2 Å². The van der Waals surface area contributed by atoms with Gasteiger partial charge in [-0.15, -0.1) is 0 Å². The number of carbonyl (C=O) groups excluding carboxylic acids is 1. The normalized spacial score (nSPS) is 21.1. The largest absolute Gasteiger partial charge is 0.345 e. The maximum atomic E-state index is 11.7. The lowest BCUT2D eigenvalue weighted by atomic mass is 9.99. The zero-order valence-electron chi connectivity index (χ0n) is 10.8. The highest BCUT2D eigenvalue weighted by atomic mass is 16.2. The molecule has 4 heteroatoms. The molecule has 1 aliphatic heterocycles. The Morgan fingerprint density at radius 1 is 1.44 bits per heavy atom. The van der Waals surface area contributed by atoms with Crippen molar-refractivity contribution in [3.05, 3.63) is 0 Å². The van der Waals surface area contributed by atoms with Crippen LogP contribution in [0.5, 0.6) is 0 Å². The second kappa shape index (κ2) is 6.86. The zero-order chi connectivity index (χ0) is 12.0. The van der Waals surface area contributed by atoms with Crippen molar-refractivity contribution in [2.75, 3.05) is 46.8 Å². The SMILES string of the molecule is CCN(C)C(=O)CN(C)CC1CCCNC1. The number of piperidine rings is 1. The molecule has 1 unspecified atom stereocenters. The van der Waals surface area contributed by atoms with Gasteiger partial charge in [0, 0.05) is 20.1 Å². The molecule has 1 rings (SSSR count). The van der Waals surface area contributed by atoms with Gasteiger partial charge in [0.15, 0.2) is 0 Å². The van der Waals surface area contributed by atoms with Crippen LogP contribution in [0.15, 0.2) is 0 Å². The van der Waals surface area contributed by atoms with Crippen molar-refractivity contribution >= 4 is 5.91 Å². The van der Waals surface area contributed by atoms with Crippen molar-refractivity contribution < 1.29 is 4.79 Å². The highest BCUT2D eigenvalue weighted by Gasteiger charge is 2.17. The second-order valence-corrected chi connectivity index (χ2v) is 4.82. The summed E-state index contributed by atoms with van der Waals surface area (Å²) >= 11 is 0. The van der Waals surface area contributed by atoms with E-state index in [9.17, 15) is 4.79 Å². The average molecular weight is 227 g/mol. The van der Waals surface area contributed by atoms with E-state index in [0.717, 1.165) is 26.2 Å². The Balaban J connectivity index is 2.23.